The molecule has 0 unspecified atom stereocenters. The van der Waals surface area contributed by atoms with Crippen LogP contribution in [0.1, 0.15) is 11.3 Å². The number of benzene rings is 3. The molecule has 0 aliphatic rings. The van der Waals surface area contributed by atoms with Gasteiger partial charge in [0, 0.05) is 17.9 Å². The Balaban J connectivity index is 1.61. The summed E-state index contributed by atoms with van der Waals surface area (Å²) in [6.07, 6.45) is 0.635. The lowest BCUT2D eigenvalue weighted by molar-refractivity contribution is 0.446. The van der Waals surface area contributed by atoms with Gasteiger partial charge in [0.2, 0.25) is 0 Å². The second kappa shape index (κ2) is 6.65. The zero-order valence-electron chi connectivity index (χ0n) is 13.7. The summed E-state index contributed by atoms with van der Waals surface area (Å²) >= 11 is 0. The molecule has 0 saturated carbocycles. The monoisotopic (exact) mass is 365 g/mol. The molecule has 0 spiro atoms. The van der Waals surface area contributed by atoms with Crippen molar-refractivity contribution >= 4 is 21.1 Å². The zero-order valence-corrected chi connectivity index (χ0v) is 14.5. The van der Waals surface area contributed by atoms with Crippen molar-refractivity contribution in [2.45, 2.75) is 11.3 Å². The Morgan fingerprint density at radius 2 is 1.58 bits per heavy atom. The van der Waals surface area contributed by atoms with Gasteiger partial charge in [0.25, 0.3) is 0 Å². The molecule has 0 saturated heterocycles. The molecule has 0 fully saturated rings. The predicted molar refractivity (Wildman–Crippen MR) is 97.5 cm³/mol. The summed E-state index contributed by atoms with van der Waals surface area (Å²) < 4.78 is 35.2. The maximum atomic E-state index is 12.3. The van der Waals surface area contributed by atoms with Crippen LogP contribution in [0, 0.1) is 0 Å². The van der Waals surface area contributed by atoms with Crippen molar-refractivity contribution in [1.29, 1.82) is 0 Å². The molecule has 0 atom stereocenters. The molecule has 0 radical (unpaired) electrons. The Morgan fingerprint density at radius 3 is 2.31 bits per heavy atom. The number of hydrogen-bond acceptors (Lipinski definition) is 5. The molecule has 0 N–H and O–H groups in total. The molecule has 4 rings (SSSR count). The molecule has 0 aliphatic heterocycles. The van der Waals surface area contributed by atoms with E-state index in [1.54, 1.807) is 30.3 Å². The fourth-order valence-electron chi connectivity index (χ4n) is 2.70. The summed E-state index contributed by atoms with van der Waals surface area (Å²) in [5.41, 5.74) is 2.40. The largest absolute Gasteiger partial charge is 0.379 e. The maximum absolute atomic E-state index is 12.3. The van der Waals surface area contributed by atoms with Gasteiger partial charge >= 0.3 is 10.1 Å². The van der Waals surface area contributed by atoms with Crippen molar-refractivity contribution in [3.05, 3.63) is 90.1 Å². The molecule has 6 heteroatoms. The third-order valence-electron chi connectivity index (χ3n) is 3.97. The zero-order chi connectivity index (χ0) is 18.0. The van der Waals surface area contributed by atoms with E-state index in [0.717, 1.165) is 16.6 Å². The van der Waals surface area contributed by atoms with E-state index in [4.69, 9.17) is 8.71 Å². The van der Waals surface area contributed by atoms with E-state index in [-0.39, 0.29) is 10.6 Å². The number of fused-ring (bicyclic) bond motifs is 1. The van der Waals surface area contributed by atoms with E-state index in [1.807, 2.05) is 30.3 Å². The van der Waals surface area contributed by atoms with Crippen molar-refractivity contribution in [3.8, 4) is 5.75 Å². The summed E-state index contributed by atoms with van der Waals surface area (Å²) in [6, 6.07) is 22.9. The molecule has 3 aromatic carbocycles. The Bertz CT molecular complexity index is 1140. The first-order chi connectivity index (χ1) is 12.6. The first-order valence-electron chi connectivity index (χ1n) is 8.04. The van der Waals surface area contributed by atoms with Crippen LogP contribution in [0.4, 0.5) is 0 Å². The van der Waals surface area contributed by atoms with Gasteiger partial charge in [-0.2, -0.15) is 8.42 Å². The van der Waals surface area contributed by atoms with Crippen LogP contribution in [0.2, 0.25) is 0 Å². The SMILES string of the molecule is O=S(=O)(Oc1ccc2c(Cc3ccccc3)noc2c1)c1ccccc1. The molecule has 0 bridgehead atoms. The van der Waals surface area contributed by atoms with Crippen LogP contribution in [0.15, 0.2) is 88.3 Å². The highest BCUT2D eigenvalue weighted by molar-refractivity contribution is 7.87. The fourth-order valence-corrected chi connectivity index (χ4v) is 3.64. The van der Waals surface area contributed by atoms with E-state index in [9.17, 15) is 8.42 Å². The molecule has 1 aromatic heterocycles. The van der Waals surface area contributed by atoms with Crippen molar-refractivity contribution in [3.63, 3.8) is 0 Å². The number of aromatic nitrogens is 1. The van der Waals surface area contributed by atoms with Gasteiger partial charge in [0.05, 0.1) is 5.69 Å². The second-order valence-electron chi connectivity index (χ2n) is 5.80. The molecule has 5 nitrogen and oxygen atoms in total. The summed E-state index contributed by atoms with van der Waals surface area (Å²) in [4.78, 5) is 0.0995. The Labute approximate surface area is 151 Å². The van der Waals surface area contributed by atoms with Crippen molar-refractivity contribution in [1.82, 2.24) is 5.16 Å². The summed E-state index contributed by atoms with van der Waals surface area (Å²) in [5, 5.41) is 4.94. The van der Waals surface area contributed by atoms with Crippen LogP contribution < -0.4 is 4.18 Å². The highest BCUT2D eigenvalue weighted by Gasteiger charge is 2.17. The normalized spacial score (nSPS) is 11.5. The number of hydrogen-bond donors (Lipinski definition) is 0. The molecule has 130 valence electrons. The maximum Gasteiger partial charge on any atom is 0.339 e. The predicted octanol–water partition coefficient (Wildman–Crippen LogP) is 4.19. The Hall–Kier alpha value is -3.12. The van der Waals surface area contributed by atoms with E-state index >= 15 is 0 Å². The molecular formula is C20H15NO4S. The lowest BCUT2D eigenvalue weighted by atomic mass is 10.1. The van der Waals surface area contributed by atoms with Gasteiger partial charge < -0.3 is 8.71 Å². The standard InChI is InChI=1S/C20H15NO4S/c22-26(23,17-9-5-2-6-10-17)25-16-11-12-18-19(21-24-20(18)14-16)13-15-7-3-1-4-8-15/h1-12,14H,13H2. The van der Waals surface area contributed by atoms with Gasteiger partial charge in [-0.05, 0) is 29.8 Å². The van der Waals surface area contributed by atoms with Gasteiger partial charge in [-0.1, -0.05) is 53.7 Å². The van der Waals surface area contributed by atoms with Crippen molar-refractivity contribution < 1.29 is 17.1 Å². The minimum atomic E-state index is -3.89. The van der Waals surface area contributed by atoms with Gasteiger partial charge in [-0.3, -0.25) is 0 Å². The average Bonchev–Trinajstić information content (AvgIpc) is 3.05. The molecule has 1 heterocycles. The third kappa shape index (κ3) is 3.32. The van der Waals surface area contributed by atoms with Crippen LogP contribution in [0.3, 0.4) is 0 Å². The molecule has 4 aromatic rings. The van der Waals surface area contributed by atoms with E-state index in [0.29, 0.717) is 12.0 Å². The smallest absolute Gasteiger partial charge is 0.339 e. The highest BCUT2D eigenvalue weighted by atomic mass is 32.2. The van der Waals surface area contributed by atoms with Crippen LogP contribution in [-0.4, -0.2) is 13.6 Å². The molecular weight excluding hydrogens is 350 g/mol. The van der Waals surface area contributed by atoms with Gasteiger partial charge in [-0.15, -0.1) is 0 Å². The highest BCUT2D eigenvalue weighted by Crippen LogP contribution is 2.27. The number of nitrogens with zero attached hydrogens (tertiary/aromatic N) is 1. The quantitative estimate of drug-likeness (QED) is 0.496. The van der Waals surface area contributed by atoms with Crippen LogP contribution in [-0.2, 0) is 16.5 Å². The Kier molecular flexibility index (Phi) is 4.18. The first kappa shape index (κ1) is 16.4. The summed E-state index contributed by atoms with van der Waals surface area (Å²) in [6.45, 7) is 0. The minimum Gasteiger partial charge on any atom is -0.379 e. The topological polar surface area (TPSA) is 69.4 Å². The van der Waals surface area contributed by atoms with Crippen LogP contribution >= 0.6 is 0 Å². The lowest BCUT2D eigenvalue weighted by Crippen LogP contribution is -2.09. The van der Waals surface area contributed by atoms with Crippen LogP contribution in [0.25, 0.3) is 11.0 Å². The number of rotatable bonds is 5. The van der Waals surface area contributed by atoms with E-state index in [2.05, 4.69) is 5.16 Å². The van der Waals surface area contributed by atoms with Crippen molar-refractivity contribution in [2.24, 2.45) is 0 Å². The van der Waals surface area contributed by atoms with Gasteiger partial charge in [0.15, 0.2) is 5.58 Å². The Morgan fingerprint density at radius 1 is 0.885 bits per heavy atom. The van der Waals surface area contributed by atoms with E-state index in [1.165, 1.54) is 18.2 Å². The molecule has 26 heavy (non-hydrogen) atoms. The molecule has 0 amide bonds. The summed E-state index contributed by atoms with van der Waals surface area (Å²) in [5.74, 6) is 0.184. The first-order valence-corrected chi connectivity index (χ1v) is 9.44. The van der Waals surface area contributed by atoms with Gasteiger partial charge in [0.1, 0.15) is 10.6 Å². The minimum absolute atomic E-state index is 0.0995. The lowest BCUT2D eigenvalue weighted by Gasteiger charge is -2.06. The second-order valence-corrected chi connectivity index (χ2v) is 7.35. The molecule has 0 aliphatic carbocycles. The third-order valence-corrected chi connectivity index (χ3v) is 5.23. The van der Waals surface area contributed by atoms with Crippen LogP contribution in [0.5, 0.6) is 5.75 Å². The van der Waals surface area contributed by atoms with Crippen molar-refractivity contribution in [2.75, 3.05) is 0 Å². The fraction of sp³-hybridized carbons (Fsp3) is 0.0500. The van der Waals surface area contributed by atoms with Gasteiger partial charge in [-0.25, -0.2) is 0 Å². The average molecular weight is 365 g/mol. The summed E-state index contributed by atoms with van der Waals surface area (Å²) in [7, 11) is -3.89. The van der Waals surface area contributed by atoms with E-state index < -0.39 is 10.1 Å².